The van der Waals surface area contributed by atoms with Crippen LogP contribution in [0.2, 0.25) is 0 Å². The van der Waals surface area contributed by atoms with Crippen molar-refractivity contribution in [2.24, 2.45) is 0 Å². The zero-order valence-electron chi connectivity index (χ0n) is 12.8. The van der Waals surface area contributed by atoms with Gasteiger partial charge < -0.3 is 5.11 Å². The van der Waals surface area contributed by atoms with Gasteiger partial charge >= 0.3 is 5.97 Å². The van der Waals surface area contributed by atoms with E-state index in [0.717, 1.165) is 16.9 Å². The van der Waals surface area contributed by atoms with E-state index in [1.165, 1.54) is 11.6 Å². The average Bonchev–Trinajstić information content (AvgIpc) is 2.91. The van der Waals surface area contributed by atoms with Gasteiger partial charge in [-0.05, 0) is 23.1 Å². The summed E-state index contributed by atoms with van der Waals surface area (Å²) in [5, 5.41) is 19.3. The molecule has 1 aromatic carbocycles. The topological polar surface area (TPSA) is 92.2 Å². The summed E-state index contributed by atoms with van der Waals surface area (Å²) in [4.78, 5) is 22.4. The number of nitrogens with one attached hydrogen (secondary N) is 1. The number of benzene rings is 1. The minimum absolute atomic E-state index is 0.203. The Hall–Kier alpha value is -2.54. The van der Waals surface area contributed by atoms with E-state index >= 15 is 0 Å². The highest BCUT2D eigenvalue weighted by molar-refractivity contribution is 7.15. The van der Waals surface area contributed by atoms with Crippen molar-refractivity contribution in [1.29, 1.82) is 0 Å². The summed E-state index contributed by atoms with van der Waals surface area (Å²) in [5.41, 5.74) is 2.17. The van der Waals surface area contributed by atoms with E-state index in [-0.39, 0.29) is 17.5 Å². The summed E-state index contributed by atoms with van der Waals surface area (Å²) < 4.78 is 0. The molecule has 1 amide bonds. The van der Waals surface area contributed by atoms with Crippen LogP contribution in [-0.2, 0) is 16.0 Å². The maximum Gasteiger partial charge on any atom is 0.310 e. The second-order valence-corrected chi connectivity index (χ2v) is 6.28. The molecular formula is C16H17N3O3S. The first kappa shape index (κ1) is 16.8. The maximum absolute atomic E-state index is 11.8. The molecule has 2 aromatic rings. The molecule has 0 fully saturated rings. The number of nitrogens with zero attached hydrogens (tertiary/aromatic N) is 2. The van der Waals surface area contributed by atoms with Gasteiger partial charge in [-0.2, -0.15) is 0 Å². The zero-order chi connectivity index (χ0) is 16.8. The van der Waals surface area contributed by atoms with Gasteiger partial charge in [0.1, 0.15) is 5.01 Å². The zero-order valence-corrected chi connectivity index (χ0v) is 13.6. The predicted molar refractivity (Wildman–Crippen MR) is 89.4 cm³/mol. The molecule has 0 aliphatic heterocycles. The van der Waals surface area contributed by atoms with Crippen LogP contribution in [-0.4, -0.2) is 27.2 Å². The van der Waals surface area contributed by atoms with Crippen LogP contribution < -0.4 is 5.32 Å². The molecule has 0 saturated heterocycles. The number of carbonyl (C=O) groups excluding carboxylic acids is 1. The van der Waals surface area contributed by atoms with Crippen LogP contribution in [0.5, 0.6) is 0 Å². The highest BCUT2D eigenvalue weighted by Gasteiger charge is 2.09. The number of anilines is 1. The molecule has 0 unspecified atom stereocenters. The molecule has 23 heavy (non-hydrogen) atoms. The Kier molecular flexibility index (Phi) is 5.59. The standard InChI is InChI=1S/C16H17N3O3S/c1-10(2)12-6-3-11(4-7-12)5-8-13(20)17-16-19-18-14(23-16)9-15(21)22/h3-8,10H,9H2,1-2H3,(H,21,22)(H,17,19,20)/b8-5+. The van der Waals surface area contributed by atoms with Crippen LogP contribution in [0.25, 0.3) is 6.08 Å². The number of aliphatic carboxylic acids is 1. The van der Waals surface area contributed by atoms with Crippen LogP contribution in [0.15, 0.2) is 30.3 Å². The predicted octanol–water partition coefficient (Wildman–Crippen LogP) is 2.94. The molecule has 7 heteroatoms. The molecule has 0 radical (unpaired) electrons. The Labute approximate surface area is 137 Å². The molecule has 6 nitrogen and oxygen atoms in total. The Morgan fingerprint density at radius 3 is 2.57 bits per heavy atom. The Bertz CT molecular complexity index is 720. The van der Waals surface area contributed by atoms with Gasteiger partial charge in [0.2, 0.25) is 11.0 Å². The average molecular weight is 331 g/mol. The summed E-state index contributed by atoms with van der Waals surface area (Å²) in [6.07, 6.45) is 2.91. The number of carboxylic acid groups (broad SMARTS) is 1. The Morgan fingerprint density at radius 2 is 1.96 bits per heavy atom. The van der Waals surface area contributed by atoms with E-state index in [1.54, 1.807) is 6.08 Å². The highest BCUT2D eigenvalue weighted by atomic mass is 32.1. The molecule has 0 saturated carbocycles. The van der Waals surface area contributed by atoms with Gasteiger partial charge in [-0.15, -0.1) is 10.2 Å². The largest absolute Gasteiger partial charge is 0.481 e. The Balaban J connectivity index is 1.93. The molecule has 0 atom stereocenters. The second kappa shape index (κ2) is 7.64. The van der Waals surface area contributed by atoms with Crippen LogP contribution in [0.4, 0.5) is 5.13 Å². The lowest BCUT2D eigenvalue weighted by Crippen LogP contribution is -2.07. The third-order valence-corrected chi connectivity index (χ3v) is 3.87. The van der Waals surface area contributed by atoms with Crippen LogP contribution >= 0.6 is 11.3 Å². The molecule has 1 aromatic heterocycles. The number of rotatable bonds is 6. The van der Waals surface area contributed by atoms with Gasteiger partial charge in [-0.1, -0.05) is 49.4 Å². The molecule has 1 heterocycles. The van der Waals surface area contributed by atoms with Crippen molar-refractivity contribution in [2.45, 2.75) is 26.2 Å². The fourth-order valence-electron chi connectivity index (χ4n) is 1.82. The molecule has 0 spiro atoms. The van der Waals surface area contributed by atoms with Gasteiger partial charge in [0.05, 0.1) is 6.42 Å². The lowest BCUT2D eigenvalue weighted by Gasteiger charge is -2.04. The lowest BCUT2D eigenvalue weighted by molar-refractivity contribution is -0.136. The minimum atomic E-state index is -0.983. The number of aromatic nitrogens is 2. The number of carbonyl (C=O) groups is 2. The molecule has 120 valence electrons. The molecule has 0 bridgehead atoms. The first-order chi connectivity index (χ1) is 10.9. The van der Waals surface area contributed by atoms with Crippen molar-refractivity contribution in [3.63, 3.8) is 0 Å². The smallest absolute Gasteiger partial charge is 0.310 e. The fourth-order valence-corrected chi connectivity index (χ4v) is 2.55. The van der Waals surface area contributed by atoms with Crippen molar-refractivity contribution < 1.29 is 14.7 Å². The summed E-state index contributed by atoms with van der Waals surface area (Å²) in [6, 6.07) is 7.97. The molecule has 0 aliphatic carbocycles. The van der Waals surface area contributed by atoms with E-state index in [9.17, 15) is 9.59 Å². The SMILES string of the molecule is CC(C)c1ccc(/C=C/C(=O)Nc2nnc(CC(=O)O)s2)cc1. The van der Waals surface area contributed by atoms with Crippen molar-refractivity contribution >= 4 is 34.4 Å². The molecule has 2 N–H and O–H groups in total. The van der Waals surface area contributed by atoms with Gasteiger partial charge in [0.25, 0.3) is 0 Å². The van der Waals surface area contributed by atoms with Crippen molar-refractivity contribution in [3.8, 4) is 0 Å². The minimum Gasteiger partial charge on any atom is -0.481 e. The number of hydrogen-bond acceptors (Lipinski definition) is 5. The normalized spacial score (nSPS) is 11.1. The van der Waals surface area contributed by atoms with Gasteiger partial charge in [-0.25, -0.2) is 0 Å². The summed E-state index contributed by atoms with van der Waals surface area (Å²) in [6.45, 7) is 4.25. The van der Waals surface area contributed by atoms with E-state index < -0.39 is 5.97 Å². The quantitative estimate of drug-likeness (QED) is 0.794. The number of carboxylic acids is 1. The van der Waals surface area contributed by atoms with Crippen LogP contribution in [0.1, 0.15) is 35.9 Å². The second-order valence-electron chi connectivity index (χ2n) is 5.22. The summed E-state index contributed by atoms with van der Waals surface area (Å²) in [5.74, 6) is -0.853. The molecule has 0 aliphatic rings. The number of amides is 1. The van der Waals surface area contributed by atoms with Crippen LogP contribution in [0.3, 0.4) is 0 Å². The Morgan fingerprint density at radius 1 is 1.26 bits per heavy atom. The fraction of sp³-hybridized carbons (Fsp3) is 0.250. The highest BCUT2D eigenvalue weighted by Crippen LogP contribution is 2.17. The van der Waals surface area contributed by atoms with Crippen molar-refractivity contribution in [1.82, 2.24) is 10.2 Å². The third-order valence-electron chi connectivity index (χ3n) is 3.03. The number of hydrogen-bond donors (Lipinski definition) is 2. The van der Waals surface area contributed by atoms with E-state index in [0.29, 0.717) is 10.9 Å². The van der Waals surface area contributed by atoms with Crippen molar-refractivity contribution in [3.05, 3.63) is 46.5 Å². The van der Waals surface area contributed by atoms with Crippen LogP contribution in [0, 0.1) is 0 Å². The monoisotopic (exact) mass is 331 g/mol. The van der Waals surface area contributed by atoms with Gasteiger partial charge in [0, 0.05) is 6.08 Å². The molecule has 2 rings (SSSR count). The third kappa shape index (κ3) is 5.30. The van der Waals surface area contributed by atoms with Crippen molar-refractivity contribution in [2.75, 3.05) is 5.32 Å². The van der Waals surface area contributed by atoms with E-state index in [1.807, 2.05) is 24.3 Å². The summed E-state index contributed by atoms with van der Waals surface area (Å²) in [7, 11) is 0. The molecular weight excluding hydrogens is 314 g/mol. The maximum atomic E-state index is 11.8. The van der Waals surface area contributed by atoms with E-state index in [4.69, 9.17) is 5.11 Å². The van der Waals surface area contributed by atoms with Gasteiger partial charge in [0.15, 0.2) is 0 Å². The van der Waals surface area contributed by atoms with Gasteiger partial charge in [-0.3, -0.25) is 14.9 Å². The summed E-state index contributed by atoms with van der Waals surface area (Å²) >= 11 is 1.05. The lowest BCUT2D eigenvalue weighted by atomic mass is 10.0. The van der Waals surface area contributed by atoms with E-state index in [2.05, 4.69) is 29.4 Å². The first-order valence-electron chi connectivity index (χ1n) is 7.07. The first-order valence-corrected chi connectivity index (χ1v) is 7.89.